The van der Waals surface area contributed by atoms with E-state index in [0.29, 0.717) is 18.0 Å². The molecule has 2 unspecified atom stereocenters. The lowest BCUT2D eigenvalue weighted by Crippen LogP contribution is -2.36. The zero-order valence-electron chi connectivity index (χ0n) is 15.0. The van der Waals surface area contributed by atoms with E-state index in [2.05, 4.69) is 4.98 Å². The van der Waals surface area contributed by atoms with Crippen molar-refractivity contribution in [2.45, 2.75) is 23.4 Å². The predicted molar refractivity (Wildman–Crippen MR) is 102 cm³/mol. The summed E-state index contributed by atoms with van der Waals surface area (Å²) in [7, 11) is -1.50. The van der Waals surface area contributed by atoms with E-state index in [1.54, 1.807) is 28.8 Å². The summed E-state index contributed by atoms with van der Waals surface area (Å²) in [5.41, 5.74) is 0. The zero-order chi connectivity index (χ0) is 19.7. The Morgan fingerprint density at radius 3 is 2.43 bits per heavy atom. The summed E-state index contributed by atoms with van der Waals surface area (Å²) in [6.07, 6.45) is 1.31. The standard InChI is InChI=1S/C19H17N3O5S/c1-19(12-21-11-17(22(23)24)20-18(21)28(19)25)13-26-14-7-9-16(10-8-14)27-15-5-3-2-4-6-15/h2-11H,12-13H2,1H3. The van der Waals surface area contributed by atoms with Gasteiger partial charge in [-0.2, -0.15) is 0 Å². The number of benzene rings is 2. The average molecular weight is 399 g/mol. The molecule has 2 aromatic carbocycles. The van der Waals surface area contributed by atoms with Crippen molar-refractivity contribution in [2.75, 3.05) is 6.61 Å². The highest BCUT2D eigenvalue weighted by molar-refractivity contribution is 7.86. The van der Waals surface area contributed by atoms with Gasteiger partial charge in [0.2, 0.25) is 0 Å². The van der Waals surface area contributed by atoms with Crippen molar-refractivity contribution in [3.05, 3.63) is 70.9 Å². The third-order valence-corrected chi connectivity index (χ3v) is 6.18. The van der Waals surface area contributed by atoms with Crippen molar-refractivity contribution in [2.24, 2.45) is 0 Å². The summed E-state index contributed by atoms with van der Waals surface area (Å²) < 4.78 is 25.2. The molecular formula is C19H17N3O5S. The van der Waals surface area contributed by atoms with E-state index in [1.165, 1.54) is 6.20 Å². The van der Waals surface area contributed by atoms with Crippen molar-refractivity contribution >= 4 is 16.6 Å². The first-order valence-electron chi connectivity index (χ1n) is 8.54. The molecule has 9 heteroatoms. The monoisotopic (exact) mass is 399 g/mol. The maximum absolute atomic E-state index is 12.7. The molecule has 0 saturated heterocycles. The zero-order valence-corrected chi connectivity index (χ0v) is 15.8. The van der Waals surface area contributed by atoms with Crippen LogP contribution in [0.4, 0.5) is 5.82 Å². The van der Waals surface area contributed by atoms with Crippen molar-refractivity contribution in [1.29, 1.82) is 0 Å². The van der Waals surface area contributed by atoms with Crippen LogP contribution in [0.1, 0.15) is 6.92 Å². The van der Waals surface area contributed by atoms with E-state index >= 15 is 0 Å². The second-order valence-corrected chi connectivity index (χ2v) is 8.55. The molecule has 0 saturated carbocycles. The maximum atomic E-state index is 12.7. The van der Waals surface area contributed by atoms with Crippen LogP contribution in [-0.4, -0.2) is 30.0 Å². The molecule has 2 atom stereocenters. The van der Waals surface area contributed by atoms with E-state index in [-0.39, 0.29) is 17.6 Å². The van der Waals surface area contributed by atoms with Crippen LogP contribution in [0.3, 0.4) is 0 Å². The predicted octanol–water partition coefficient (Wildman–Crippen LogP) is 3.54. The Hall–Kier alpha value is -3.20. The van der Waals surface area contributed by atoms with Crippen molar-refractivity contribution < 1.29 is 18.6 Å². The molecule has 28 heavy (non-hydrogen) atoms. The molecule has 3 aromatic rings. The summed E-state index contributed by atoms with van der Waals surface area (Å²) in [6.45, 7) is 2.34. The molecule has 4 rings (SSSR count). The fourth-order valence-corrected chi connectivity index (χ4v) is 4.31. The number of fused-ring (bicyclic) bond motifs is 1. The molecule has 0 amide bonds. The van der Waals surface area contributed by atoms with E-state index < -0.39 is 20.5 Å². The van der Waals surface area contributed by atoms with Gasteiger partial charge in [-0.3, -0.25) is 4.57 Å². The molecule has 8 nitrogen and oxygen atoms in total. The van der Waals surface area contributed by atoms with Gasteiger partial charge < -0.3 is 19.6 Å². The lowest BCUT2D eigenvalue weighted by atomic mass is 10.2. The molecule has 1 aliphatic rings. The van der Waals surface area contributed by atoms with Crippen molar-refractivity contribution in [1.82, 2.24) is 9.55 Å². The number of hydrogen-bond donors (Lipinski definition) is 0. The second kappa shape index (κ2) is 7.08. The Labute approximate surface area is 163 Å². The smallest absolute Gasteiger partial charge is 0.383 e. The van der Waals surface area contributed by atoms with Gasteiger partial charge in [-0.1, -0.05) is 18.2 Å². The minimum Gasteiger partial charge on any atom is -0.492 e. The second-order valence-electron chi connectivity index (χ2n) is 6.66. The molecule has 0 N–H and O–H groups in total. The van der Waals surface area contributed by atoms with Crippen molar-refractivity contribution in [3.8, 4) is 17.2 Å². The Balaban J connectivity index is 1.39. The number of nitro groups is 1. The van der Waals surface area contributed by atoms with E-state index in [1.807, 2.05) is 37.3 Å². The highest BCUT2D eigenvalue weighted by atomic mass is 32.2. The first-order chi connectivity index (χ1) is 13.4. The number of para-hydroxylation sites is 1. The minimum atomic E-state index is -1.50. The summed E-state index contributed by atoms with van der Waals surface area (Å²) in [4.78, 5) is 14.1. The fourth-order valence-electron chi connectivity index (χ4n) is 2.94. The van der Waals surface area contributed by atoms with Gasteiger partial charge in [-0.25, -0.2) is 4.21 Å². The largest absolute Gasteiger partial charge is 0.492 e. The highest BCUT2D eigenvalue weighted by Gasteiger charge is 2.46. The van der Waals surface area contributed by atoms with Gasteiger partial charge in [-0.15, -0.1) is 0 Å². The molecule has 0 bridgehead atoms. The first-order valence-corrected chi connectivity index (χ1v) is 9.69. The molecule has 0 fully saturated rings. The van der Waals surface area contributed by atoms with Crippen LogP contribution in [0.5, 0.6) is 17.2 Å². The lowest BCUT2D eigenvalue weighted by Gasteiger charge is -2.21. The van der Waals surface area contributed by atoms with Crippen molar-refractivity contribution in [3.63, 3.8) is 0 Å². The average Bonchev–Trinajstić information content (AvgIpc) is 3.20. The van der Waals surface area contributed by atoms with Crippen LogP contribution in [0.2, 0.25) is 0 Å². The van der Waals surface area contributed by atoms with Crippen LogP contribution in [0.15, 0.2) is 66.0 Å². The number of rotatable bonds is 6. The number of ether oxygens (including phenoxy) is 2. The van der Waals surface area contributed by atoms with Gasteiger partial charge >= 0.3 is 11.0 Å². The molecule has 1 aromatic heterocycles. The number of nitrogens with zero attached hydrogens (tertiary/aromatic N) is 3. The molecule has 0 radical (unpaired) electrons. The van der Waals surface area contributed by atoms with Gasteiger partial charge in [0.05, 0.1) is 0 Å². The van der Waals surface area contributed by atoms with Gasteiger partial charge in [-0.05, 0) is 53.2 Å². The molecule has 2 heterocycles. The summed E-state index contributed by atoms with van der Waals surface area (Å²) >= 11 is 0. The maximum Gasteiger partial charge on any atom is 0.383 e. The Kier molecular flexibility index (Phi) is 4.60. The summed E-state index contributed by atoms with van der Waals surface area (Å²) in [5.74, 6) is 1.75. The fraction of sp³-hybridized carbons (Fsp3) is 0.211. The molecular weight excluding hydrogens is 382 g/mol. The van der Waals surface area contributed by atoms with E-state index in [0.717, 1.165) is 5.75 Å². The van der Waals surface area contributed by atoms with E-state index in [9.17, 15) is 14.3 Å². The molecule has 1 aliphatic heterocycles. The van der Waals surface area contributed by atoms with E-state index in [4.69, 9.17) is 9.47 Å². The topological polar surface area (TPSA) is 96.5 Å². The highest BCUT2D eigenvalue weighted by Crippen LogP contribution is 2.33. The number of imidazole rings is 1. The molecule has 144 valence electrons. The summed E-state index contributed by atoms with van der Waals surface area (Å²) in [5, 5.41) is 11.0. The van der Waals surface area contributed by atoms with Gasteiger partial charge in [0, 0.05) is 6.54 Å². The van der Waals surface area contributed by atoms with Crippen LogP contribution in [0, 0.1) is 10.1 Å². The van der Waals surface area contributed by atoms with Gasteiger partial charge in [0.1, 0.15) is 45.6 Å². The summed E-state index contributed by atoms with van der Waals surface area (Å²) in [6, 6.07) is 16.6. The first kappa shape index (κ1) is 18.2. The quantitative estimate of drug-likeness (QED) is 0.465. The van der Waals surface area contributed by atoms with Crippen LogP contribution in [-0.2, 0) is 17.3 Å². The SMILES string of the molecule is CC1(COc2ccc(Oc3ccccc3)cc2)Cn2cc([N+](=O)[O-])nc2S1=O. The Bertz CT molecular complexity index is 1040. The van der Waals surface area contributed by atoms with Crippen LogP contribution in [0.25, 0.3) is 0 Å². The normalized spacial score (nSPS) is 20.5. The molecule has 0 spiro atoms. The third kappa shape index (κ3) is 3.48. The third-order valence-electron chi connectivity index (χ3n) is 4.38. The number of hydrogen-bond acceptors (Lipinski definition) is 6. The van der Waals surface area contributed by atoms with Crippen LogP contribution < -0.4 is 9.47 Å². The lowest BCUT2D eigenvalue weighted by molar-refractivity contribution is -0.389. The van der Waals surface area contributed by atoms with Crippen LogP contribution >= 0.6 is 0 Å². The number of aromatic nitrogens is 2. The van der Waals surface area contributed by atoms with Gasteiger partial charge in [0.25, 0.3) is 0 Å². The minimum absolute atomic E-state index is 0.190. The molecule has 0 aliphatic carbocycles. The van der Waals surface area contributed by atoms with Gasteiger partial charge in [0.15, 0.2) is 0 Å². The Morgan fingerprint density at radius 1 is 1.14 bits per heavy atom. The Morgan fingerprint density at radius 2 is 1.79 bits per heavy atom.